The van der Waals surface area contributed by atoms with Gasteiger partial charge in [-0.1, -0.05) is 44.8 Å². The van der Waals surface area contributed by atoms with Gasteiger partial charge in [0.2, 0.25) is 0 Å². The molecule has 0 spiro atoms. The summed E-state index contributed by atoms with van der Waals surface area (Å²) in [6, 6.07) is 5.82. The lowest BCUT2D eigenvalue weighted by molar-refractivity contribution is 0.0930. The number of carbonyl (C=O) groups excluding carboxylic acids is 1. The number of carbonyl (C=O) groups is 1. The summed E-state index contributed by atoms with van der Waals surface area (Å²) in [5.74, 6) is 0.399. The predicted molar refractivity (Wildman–Crippen MR) is 78.8 cm³/mol. The molecule has 0 bridgehead atoms. The van der Waals surface area contributed by atoms with Gasteiger partial charge < -0.3 is 5.32 Å². The number of hydrogen-bond acceptors (Lipinski definition) is 1. The Morgan fingerprint density at radius 1 is 1.41 bits per heavy atom. The predicted octanol–water partition coefficient (Wildman–Crippen LogP) is 3.91. The summed E-state index contributed by atoms with van der Waals surface area (Å²) in [6.45, 7) is 6.07. The molecule has 0 heterocycles. The summed E-state index contributed by atoms with van der Waals surface area (Å²) >= 11 is 6.86. The van der Waals surface area contributed by atoms with E-state index in [9.17, 15) is 4.79 Å². The van der Waals surface area contributed by atoms with E-state index in [1.54, 1.807) is 0 Å². The first-order chi connectivity index (χ1) is 7.97. The van der Waals surface area contributed by atoms with Gasteiger partial charge in [0.05, 0.1) is 0 Å². The third-order valence-electron chi connectivity index (χ3n) is 2.97. The number of halogens is 2. The van der Waals surface area contributed by atoms with Crippen LogP contribution in [-0.4, -0.2) is 17.3 Å². The van der Waals surface area contributed by atoms with Gasteiger partial charge in [0, 0.05) is 21.4 Å². The van der Waals surface area contributed by atoms with Gasteiger partial charge in [0.15, 0.2) is 0 Å². The van der Waals surface area contributed by atoms with Crippen molar-refractivity contribution in [3.63, 3.8) is 0 Å². The molecule has 0 aliphatic carbocycles. The summed E-state index contributed by atoms with van der Waals surface area (Å²) in [6.07, 6.45) is 0. The molecule has 0 saturated heterocycles. The molecular weight excluding hydrogens is 346 g/mol. The summed E-state index contributed by atoms with van der Waals surface area (Å²) in [7, 11) is 0. The van der Waals surface area contributed by atoms with Crippen molar-refractivity contribution >= 4 is 37.8 Å². The minimum atomic E-state index is -0.0101. The van der Waals surface area contributed by atoms with Crippen LogP contribution in [0.25, 0.3) is 0 Å². The zero-order chi connectivity index (χ0) is 13.0. The fourth-order valence-electron chi connectivity index (χ4n) is 1.41. The van der Waals surface area contributed by atoms with Gasteiger partial charge in [0.25, 0.3) is 5.91 Å². The van der Waals surface area contributed by atoms with Crippen LogP contribution in [0.15, 0.2) is 22.7 Å². The normalized spacial score (nSPS) is 14.2. The third-order valence-corrected chi connectivity index (χ3v) is 4.85. The summed E-state index contributed by atoms with van der Waals surface area (Å²) < 4.78 is 0.964. The van der Waals surface area contributed by atoms with Crippen molar-refractivity contribution in [2.75, 3.05) is 5.33 Å². The second-order valence-corrected chi connectivity index (χ2v) is 5.81. The van der Waals surface area contributed by atoms with E-state index in [1.165, 1.54) is 0 Å². The number of hydrogen-bond donors (Lipinski definition) is 1. The molecule has 1 rings (SSSR count). The van der Waals surface area contributed by atoms with Crippen LogP contribution in [0, 0.1) is 12.8 Å². The average Bonchev–Trinajstić information content (AvgIpc) is 2.31. The van der Waals surface area contributed by atoms with Crippen LogP contribution >= 0.6 is 31.9 Å². The topological polar surface area (TPSA) is 29.1 Å². The molecule has 1 aromatic carbocycles. The van der Waals surface area contributed by atoms with Crippen molar-refractivity contribution in [1.82, 2.24) is 5.32 Å². The standard InChI is InChI=1S/C13H17Br2NO/c1-8(7-14)10(3)16-13(17)11-5-4-6-12(15)9(11)2/h4-6,8,10H,7H2,1-3H3,(H,16,17). The van der Waals surface area contributed by atoms with E-state index in [-0.39, 0.29) is 11.9 Å². The lowest BCUT2D eigenvalue weighted by Gasteiger charge is -2.20. The van der Waals surface area contributed by atoms with Crippen LogP contribution in [0.2, 0.25) is 0 Å². The van der Waals surface area contributed by atoms with Crippen molar-refractivity contribution in [3.05, 3.63) is 33.8 Å². The molecule has 2 atom stereocenters. The SMILES string of the molecule is Cc1c(Br)cccc1C(=O)NC(C)C(C)CBr. The average molecular weight is 363 g/mol. The molecule has 0 radical (unpaired) electrons. The first-order valence-corrected chi connectivity index (χ1v) is 7.50. The number of nitrogens with one attached hydrogen (secondary N) is 1. The third kappa shape index (κ3) is 3.81. The zero-order valence-electron chi connectivity index (χ0n) is 10.3. The van der Waals surface area contributed by atoms with Crippen molar-refractivity contribution in [2.24, 2.45) is 5.92 Å². The lowest BCUT2D eigenvalue weighted by atomic mass is 10.0. The van der Waals surface area contributed by atoms with Crippen LogP contribution in [0.3, 0.4) is 0 Å². The van der Waals surface area contributed by atoms with E-state index in [0.29, 0.717) is 5.92 Å². The van der Waals surface area contributed by atoms with Crippen molar-refractivity contribution in [2.45, 2.75) is 26.8 Å². The van der Waals surface area contributed by atoms with Gasteiger partial charge in [-0.25, -0.2) is 0 Å². The van der Waals surface area contributed by atoms with Gasteiger partial charge in [-0.3, -0.25) is 4.79 Å². The number of amides is 1. The van der Waals surface area contributed by atoms with E-state index in [1.807, 2.05) is 32.0 Å². The van der Waals surface area contributed by atoms with E-state index in [0.717, 1.165) is 20.9 Å². The van der Waals surface area contributed by atoms with Crippen molar-refractivity contribution in [3.8, 4) is 0 Å². The smallest absolute Gasteiger partial charge is 0.251 e. The first-order valence-electron chi connectivity index (χ1n) is 5.59. The van der Waals surface area contributed by atoms with Crippen LogP contribution < -0.4 is 5.32 Å². The molecule has 0 fully saturated rings. The van der Waals surface area contributed by atoms with Crippen molar-refractivity contribution in [1.29, 1.82) is 0 Å². The Bertz CT molecular complexity index is 406. The Hall–Kier alpha value is -0.350. The van der Waals surface area contributed by atoms with E-state index >= 15 is 0 Å². The van der Waals surface area contributed by atoms with Crippen molar-refractivity contribution < 1.29 is 4.79 Å². The Morgan fingerprint density at radius 3 is 2.65 bits per heavy atom. The molecule has 4 heteroatoms. The van der Waals surface area contributed by atoms with Crippen LogP contribution in [-0.2, 0) is 0 Å². The van der Waals surface area contributed by atoms with E-state index < -0.39 is 0 Å². The molecule has 2 unspecified atom stereocenters. The fourth-order valence-corrected chi connectivity index (χ4v) is 2.34. The van der Waals surface area contributed by atoms with Gasteiger partial charge in [-0.2, -0.15) is 0 Å². The maximum absolute atomic E-state index is 12.1. The van der Waals surface area contributed by atoms with Gasteiger partial charge in [0.1, 0.15) is 0 Å². The van der Waals surface area contributed by atoms with Gasteiger partial charge in [-0.05, 0) is 37.5 Å². The second-order valence-electron chi connectivity index (χ2n) is 4.31. The maximum Gasteiger partial charge on any atom is 0.251 e. The first kappa shape index (κ1) is 14.7. The lowest BCUT2D eigenvalue weighted by Crippen LogP contribution is -2.38. The van der Waals surface area contributed by atoms with Crippen LogP contribution in [0.5, 0.6) is 0 Å². The monoisotopic (exact) mass is 361 g/mol. The molecule has 17 heavy (non-hydrogen) atoms. The zero-order valence-corrected chi connectivity index (χ0v) is 13.4. The molecule has 0 saturated carbocycles. The van der Waals surface area contributed by atoms with E-state index in [2.05, 4.69) is 44.1 Å². The van der Waals surface area contributed by atoms with Gasteiger partial charge in [-0.15, -0.1) is 0 Å². The molecule has 1 amide bonds. The summed E-state index contributed by atoms with van der Waals surface area (Å²) in [5.41, 5.74) is 1.71. The Balaban J connectivity index is 2.80. The molecule has 94 valence electrons. The minimum Gasteiger partial charge on any atom is -0.349 e. The molecular formula is C13H17Br2NO. The van der Waals surface area contributed by atoms with Crippen LogP contribution in [0.1, 0.15) is 29.8 Å². The van der Waals surface area contributed by atoms with E-state index in [4.69, 9.17) is 0 Å². The molecule has 0 aromatic heterocycles. The second kappa shape index (κ2) is 6.55. The highest BCUT2D eigenvalue weighted by Gasteiger charge is 2.16. The molecule has 0 aliphatic heterocycles. The largest absolute Gasteiger partial charge is 0.349 e. The number of rotatable bonds is 4. The highest BCUT2D eigenvalue weighted by molar-refractivity contribution is 9.10. The number of alkyl halides is 1. The molecule has 0 aliphatic rings. The molecule has 2 nitrogen and oxygen atoms in total. The maximum atomic E-state index is 12.1. The minimum absolute atomic E-state index is 0.0101. The van der Waals surface area contributed by atoms with Crippen LogP contribution in [0.4, 0.5) is 0 Å². The Kier molecular flexibility index (Phi) is 5.67. The molecule has 1 N–H and O–H groups in total. The quantitative estimate of drug-likeness (QED) is 0.808. The fraction of sp³-hybridized carbons (Fsp3) is 0.462. The Labute approximate surface area is 119 Å². The highest BCUT2D eigenvalue weighted by Crippen LogP contribution is 2.19. The Morgan fingerprint density at radius 2 is 2.06 bits per heavy atom. The molecule has 1 aromatic rings. The van der Waals surface area contributed by atoms with Gasteiger partial charge >= 0.3 is 0 Å². The summed E-state index contributed by atoms with van der Waals surface area (Å²) in [5, 5.41) is 3.91. The highest BCUT2D eigenvalue weighted by atomic mass is 79.9. The number of benzene rings is 1. The summed E-state index contributed by atoms with van der Waals surface area (Å²) in [4.78, 5) is 12.1.